The van der Waals surface area contributed by atoms with Gasteiger partial charge in [-0.2, -0.15) is 0 Å². The van der Waals surface area contributed by atoms with Crippen LogP contribution in [0.1, 0.15) is 64.6 Å². The lowest BCUT2D eigenvalue weighted by atomic mass is 9.68. The molecule has 0 bridgehead atoms. The molecule has 0 saturated carbocycles. The summed E-state index contributed by atoms with van der Waals surface area (Å²) in [4.78, 5) is 16.9. The Bertz CT molecular complexity index is 1180. The van der Waals surface area contributed by atoms with Crippen molar-refractivity contribution < 1.29 is 4.79 Å². The van der Waals surface area contributed by atoms with Crippen LogP contribution in [0.2, 0.25) is 0 Å². The molecule has 3 rings (SSSR count). The minimum Gasteiger partial charge on any atom is -0.323 e. The lowest BCUT2D eigenvalue weighted by Gasteiger charge is -2.37. The van der Waals surface area contributed by atoms with Crippen LogP contribution in [0.4, 0.5) is 5.69 Å². The minimum atomic E-state index is -0.126. The van der Waals surface area contributed by atoms with E-state index in [0.717, 1.165) is 29.7 Å². The molecule has 3 nitrogen and oxygen atoms in total. The van der Waals surface area contributed by atoms with Crippen molar-refractivity contribution in [3.05, 3.63) is 119 Å². The average Bonchev–Trinajstić information content (AvgIpc) is 2.80. The van der Waals surface area contributed by atoms with Crippen LogP contribution in [0.3, 0.4) is 0 Å². The number of aryl methyl sites for hydroxylation is 1. The van der Waals surface area contributed by atoms with Gasteiger partial charge in [0.2, 0.25) is 5.91 Å². The van der Waals surface area contributed by atoms with E-state index < -0.39 is 0 Å². The summed E-state index contributed by atoms with van der Waals surface area (Å²) in [5.41, 5.74) is 8.18. The molecular weight excluding hydrogens is 428 g/mol. The van der Waals surface area contributed by atoms with E-state index in [9.17, 15) is 4.79 Å². The smallest absolute Gasteiger partial charge is 0.248 e. The Morgan fingerprint density at radius 1 is 1.03 bits per heavy atom. The number of hydrogen-bond donors (Lipinski definition) is 1. The molecule has 3 heteroatoms. The predicted octanol–water partition coefficient (Wildman–Crippen LogP) is 8.25. The van der Waals surface area contributed by atoms with Crippen molar-refractivity contribution in [3.63, 3.8) is 0 Å². The van der Waals surface area contributed by atoms with Gasteiger partial charge in [0.1, 0.15) is 0 Å². The molecule has 182 valence electrons. The van der Waals surface area contributed by atoms with Gasteiger partial charge in [0.25, 0.3) is 0 Å². The third-order valence-corrected chi connectivity index (χ3v) is 6.66. The van der Waals surface area contributed by atoms with E-state index in [1.165, 1.54) is 22.4 Å². The first kappa shape index (κ1) is 26.2. The van der Waals surface area contributed by atoms with Crippen molar-refractivity contribution in [2.75, 3.05) is 5.32 Å². The maximum Gasteiger partial charge on any atom is 0.248 e. The Kier molecular flexibility index (Phi) is 8.81. The summed E-state index contributed by atoms with van der Waals surface area (Å²) in [7, 11) is 0. The second kappa shape index (κ2) is 11.8. The molecule has 35 heavy (non-hydrogen) atoms. The van der Waals surface area contributed by atoms with Crippen LogP contribution in [0, 0.1) is 12.3 Å². The normalized spacial score (nSPS) is 19.0. The topological polar surface area (TPSA) is 42.0 Å². The highest BCUT2D eigenvalue weighted by atomic mass is 16.1. The van der Waals surface area contributed by atoms with Crippen molar-refractivity contribution in [2.45, 2.75) is 60.3 Å². The molecule has 1 unspecified atom stereocenters. The fraction of sp³-hybridized carbons (Fsp3) is 0.312. The molecule has 1 amide bonds. The van der Waals surface area contributed by atoms with Crippen molar-refractivity contribution in [3.8, 4) is 0 Å². The van der Waals surface area contributed by atoms with Crippen molar-refractivity contribution in [2.24, 2.45) is 5.41 Å². The highest BCUT2D eigenvalue weighted by molar-refractivity contribution is 5.99. The zero-order chi connectivity index (χ0) is 25.4. The van der Waals surface area contributed by atoms with E-state index >= 15 is 0 Å². The molecule has 0 radical (unpaired) electrons. The monoisotopic (exact) mass is 466 g/mol. The second-order valence-corrected chi connectivity index (χ2v) is 10.2. The molecule has 1 aliphatic carbocycles. The van der Waals surface area contributed by atoms with E-state index in [4.69, 9.17) is 4.98 Å². The largest absolute Gasteiger partial charge is 0.323 e. The molecule has 1 atom stereocenters. The maximum atomic E-state index is 12.2. The zero-order valence-electron chi connectivity index (χ0n) is 21.9. The molecular formula is C32H38N2O. The number of rotatable bonds is 7. The summed E-state index contributed by atoms with van der Waals surface area (Å²) >= 11 is 0. The van der Waals surface area contributed by atoms with E-state index in [1.54, 1.807) is 6.08 Å². The highest BCUT2D eigenvalue weighted by Crippen LogP contribution is 2.46. The molecule has 0 aliphatic heterocycles. The van der Waals surface area contributed by atoms with E-state index in [-0.39, 0.29) is 11.3 Å². The fourth-order valence-electron chi connectivity index (χ4n) is 4.57. The van der Waals surface area contributed by atoms with Gasteiger partial charge in [-0.1, -0.05) is 79.6 Å². The van der Waals surface area contributed by atoms with Crippen LogP contribution in [-0.2, 0) is 4.79 Å². The first-order chi connectivity index (χ1) is 16.7. The Labute approximate surface area is 211 Å². The number of anilines is 1. The number of nitrogens with one attached hydrogen (secondary N) is 1. The standard InChI is InChI=1S/C32H38N2O/c1-23(11-10-12-24(2)21-31(35)34-27-13-8-7-9-14-27)15-17-29-26(4)28(19-20-32(29,5)6)30-18-16-25(3)22-33-30/h7-18,21-22,28H,19-20H2,1-6H3,(H,34,35)/b12-10+,17-15+,23-11+,24-21-. The number of allylic oxidation sites excluding steroid dienone is 9. The summed E-state index contributed by atoms with van der Waals surface area (Å²) in [6, 6.07) is 13.8. The number of nitrogens with zero attached hydrogens (tertiary/aromatic N) is 1. The molecule has 1 N–H and O–H groups in total. The van der Waals surface area contributed by atoms with Gasteiger partial charge in [-0.3, -0.25) is 9.78 Å². The zero-order valence-corrected chi connectivity index (χ0v) is 21.9. The predicted molar refractivity (Wildman–Crippen MR) is 148 cm³/mol. The van der Waals surface area contributed by atoms with Crippen molar-refractivity contribution in [1.82, 2.24) is 4.98 Å². The van der Waals surface area contributed by atoms with E-state index in [2.05, 4.69) is 70.3 Å². The average molecular weight is 467 g/mol. The SMILES string of the molecule is CC1=C(/C=C/C(C)=C/C=C/C(C)=C\C(=O)Nc2ccccc2)C(C)(C)CCC1c1ccc(C)cn1. The Morgan fingerprint density at radius 2 is 1.77 bits per heavy atom. The number of amides is 1. The molecule has 0 saturated heterocycles. The molecule has 2 aromatic rings. The quantitative estimate of drug-likeness (QED) is 0.330. The van der Waals surface area contributed by atoms with Crippen LogP contribution in [-0.4, -0.2) is 10.9 Å². The lowest BCUT2D eigenvalue weighted by molar-refractivity contribution is -0.111. The van der Waals surface area contributed by atoms with Gasteiger partial charge in [-0.15, -0.1) is 0 Å². The van der Waals surface area contributed by atoms with Crippen LogP contribution in [0.5, 0.6) is 0 Å². The molecule has 1 heterocycles. The molecule has 1 aromatic carbocycles. The van der Waals surface area contributed by atoms with Crippen molar-refractivity contribution >= 4 is 11.6 Å². The summed E-state index contributed by atoms with van der Waals surface area (Å²) < 4.78 is 0. The third kappa shape index (κ3) is 7.51. The first-order valence-corrected chi connectivity index (χ1v) is 12.4. The first-order valence-electron chi connectivity index (χ1n) is 12.4. The van der Waals surface area contributed by atoms with Gasteiger partial charge >= 0.3 is 0 Å². The summed E-state index contributed by atoms with van der Waals surface area (Å²) in [6.45, 7) is 13.0. The van der Waals surface area contributed by atoms with Crippen LogP contribution in [0.25, 0.3) is 0 Å². The van der Waals surface area contributed by atoms with Gasteiger partial charge < -0.3 is 5.32 Å². The fourth-order valence-corrected chi connectivity index (χ4v) is 4.57. The maximum absolute atomic E-state index is 12.2. The van der Waals surface area contributed by atoms with Crippen LogP contribution in [0.15, 0.2) is 107 Å². The number of carbonyl (C=O) groups is 1. The number of carbonyl (C=O) groups excluding carboxylic acids is 1. The molecule has 1 aliphatic rings. The van der Waals surface area contributed by atoms with Crippen LogP contribution >= 0.6 is 0 Å². The van der Waals surface area contributed by atoms with E-state index in [1.807, 2.05) is 55.6 Å². The highest BCUT2D eigenvalue weighted by Gasteiger charge is 2.32. The summed E-state index contributed by atoms with van der Waals surface area (Å²) in [5.74, 6) is 0.251. The Hall–Kier alpha value is -3.46. The molecule has 1 aromatic heterocycles. The number of hydrogen-bond acceptors (Lipinski definition) is 2. The second-order valence-electron chi connectivity index (χ2n) is 10.2. The number of aromatic nitrogens is 1. The summed E-state index contributed by atoms with van der Waals surface area (Å²) in [6.07, 6.45) is 16.4. The van der Waals surface area contributed by atoms with Gasteiger partial charge in [-0.25, -0.2) is 0 Å². The van der Waals surface area contributed by atoms with Crippen molar-refractivity contribution in [1.29, 1.82) is 0 Å². The Balaban J connectivity index is 1.69. The third-order valence-electron chi connectivity index (χ3n) is 6.66. The Morgan fingerprint density at radius 3 is 2.46 bits per heavy atom. The summed E-state index contributed by atoms with van der Waals surface area (Å²) in [5, 5.41) is 2.87. The number of benzene rings is 1. The number of para-hydroxylation sites is 1. The van der Waals surface area contributed by atoms with Gasteiger partial charge in [0.05, 0.1) is 0 Å². The molecule has 0 spiro atoms. The molecule has 0 fully saturated rings. The van der Waals surface area contributed by atoms with E-state index in [0.29, 0.717) is 5.92 Å². The van der Waals surface area contributed by atoms with Gasteiger partial charge in [-0.05, 0) is 80.9 Å². The minimum absolute atomic E-state index is 0.126. The van der Waals surface area contributed by atoms with Gasteiger partial charge in [0, 0.05) is 29.6 Å². The number of pyridine rings is 1. The van der Waals surface area contributed by atoms with Crippen LogP contribution < -0.4 is 5.32 Å². The lowest BCUT2D eigenvalue weighted by Crippen LogP contribution is -2.24. The van der Waals surface area contributed by atoms with Gasteiger partial charge in [0.15, 0.2) is 0 Å².